The van der Waals surface area contributed by atoms with Crippen molar-refractivity contribution >= 4 is 39.3 Å². The van der Waals surface area contributed by atoms with Gasteiger partial charge in [-0.15, -0.1) is 0 Å². The number of urea groups is 1. The number of halogens is 2. The van der Waals surface area contributed by atoms with Gasteiger partial charge >= 0.3 is 6.03 Å². The Labute approximate surface area is 108 Å². The number of sulfonamides is 1. The van der Waals surface area contributed by atoms with Crippen LogP contribution in [-0.4, -0.2) is 36.8 Å². The maximum absolute atomic E-state index is 12.0. The number of nitrogens with zero attached hydrogens (tertiary/aromatic N) is 2. The second kappa shape index (κ2) is 4.32. The lowest BCUT2D eigenvalue weighted by molar-refractivity contribution is 0.236. The molecule has 0 radical (unpaired) electrons. The van der Waals surface area contributed by atoms with Crippen LogP contribution in [0.1, 0.15) is 0 Å². The molecule has 0 aromatic carbocycles. The van der Waals surface area contributed by atoms with E-state index in [1.807, 2.05) is 0 Å². The molecule has 2 heterocycles. The van der Waals surface area contributed by atoms with Gasteiger partial charge in [-0.3, -0.25) is 0 Å². The average molecular weight is 296 g/mol. The quantitative estimate of drug-likeness (QED) is 0.829. The minimum atomic E-state index is -3.91. The molecule has 1 aromatic rings. The molecule has 0 aliphatic carbocycles. The highest BCUT2D eigenvalue weighted by atomic mass is 35.5. The molecular formula is C8H7Cl2N3O3S. The number of pyridine rings is 1. The zero-order valence-electron chi connectivity index (χ0n) is 8.35. The predicted octanol–water partition coefficient (Wildman–Crippen LogP) is 1.10. The van der Waals surface area contributed by atoms with Crippen LogP contribution in [0.15, 0.2) is 17.2 Å². The normalized spacial score (nSPS) is 16.1. The summed E-state index contributed by atoms with van der Waals surface area (Å²) in [6.07, 6.45) is 1.06. The summed E-state index contributed by atoms with van der Waals surface area (Å²) in [4.78, 5) is 14.8. The van der Waals surface area contributed by atoms with Crippen molar-refractivity contribution in [3.05, 3.63) is 22.4 Å². The molecular weight excluding hydrogens is 289 g/mol. The van der Waals surface area contributed by atoms with E-state index < -0.39 is 16.1 Å². The summed E-state index contributed by atoms with van der Waals surface area (Å²) in [7, 11) is -3.91. The molecule has 2 amide bonds. The number of hydrogen-bond acceptors (Lipinski definition) is 4. The summed E-state index contributed by atoms with van der Waals surface area (Å²) in [5, 5.41) is 2.43. The first-order chi connectivity index (χ1) is 7.93. The molecule has 0 bridgehead atoms. The minimum absolute atomic E-state index is 0.0106. The van der Waals surface area contributed by atoms with Crippen LogP contribution in [0, 0.1) is 0 Å². The van der Waals surface area contributed by atoms with Gasteiger partial charge in [-0.05, 0) is 6.07 Å². The second-order valence-electron chi connectivity index (χ2n) is 3.25. The number of hydrogen-bond donors (Lipinski definition) is 1. The fourth-order valence-corrected chi connectivity index (χ4v) is 3.01. The van der Waals surface area contributed by atoms with Crippen LogP contribution in [0.4, 0.5) is 4.79 Å². The van der Waals surface area contributed by atoms with Crippen molar-refractivity contribution in [2.75, 3.05) is 13.1 Å². The Morgan fingerprint density at radius 3 is 2.65 bits per heavy atom. The van der Waals surface area contributed by atoms with Crippen LogP contribution < -0.4 is 5.32 Å². The highest BCUT2D eigenvalue weighted by molar-refractivity contribution is 7.89. The highest BCUT2D eigenvalue weighted by Gasteiger charge is 2.33. The molecule has 2 rings (SSSR count). The number of nitrogens with one attached hydrogen (secondary N) is 1. The van der Waals surface area contributed by atoms with E-state index in [-0.39, 0.29) is 28.2 Å². The third-order valence-electron chi connectivity index (χ3n) is 2.18. The largest absolute Gasteiger partial charge is 0.335 e. The van der Waals surface area contributed by atoms with Crippen molar-refractivity contribution in [3.8, 4) is 0 Å². The lowest BCUT2D eigenvalue weighted by Crippen LogP contribution is -2.34. The van der Waals surface area contributed by atoms with E-state index in [0.29, 0.717) is 0 Å². The van der Waals surface area contributed by atoms with Gasteiger partial charge in [0.15, 0.2) is 0 Å². The Hall–Kier alpha value is -1.05. The fourth-order valence-electron chi connectivity index (χ4n) is 1.36. The first-order valence-corrected chi connectivity index (χ1v) is 6.74. The van der Waals surface area contributed by atoms with Crippen LogP contribution in [-0.2, 0) is 10.0 Å². The number of rotatable bonds is 2. The Morgan fingerprint density at radius 2 is 2.12 bits per heavy atom. The zero-order valence-corrected chi connectivity index (χ0v) is 10.7. The Kier molecular flexibility index (Phi) is 3.15. The standard InChI is InChI=1S/C8H7Cl2N3O3S/c9-6-3-5(4-12-7(6)10)17(15,16)13-2-1-11-8(13)14/h3-4H,1-2H2,(H,11,14). The zero-order chi connectivity index (χ0) is 12.6. The van der Waals surface area contributed by atoms with Gasteiger partial charge in [-0.1, -0.05) is 23.2 Å². The maximum atomic E-state index is 12.0. The van der Waals surface area contributed by atoms with Crippen molar-refractivity contribution in [2.45, 2.75) is 4.90 Å². The molecule has 1 N–H and O–H groups in total. The van der Waals surface area contributed by atoms with Gasteiger partial charge in [0.25, 0.3) is 10.0 Å². The van der Waals surface area contributed by atoms with Crippen molar-refractivity contribution in [3.63, 3.8) is 0 Å². The maximum Gasteiger partial charge on any atom is 0.331 e. The minimum Gasteiger partial charge on any atom is -0.335 e. The Morgan fingerprint density at radius 1 is 1.41 bits per heavy atom. The smallest absolute Gasteiger partial charge is 0.331 e. The molecule has 1 aliphatic rings. The fraction of sp³-hybridized carbons (Fsp3) is 0.250. The van der Waals surface area contributed by atoms with Crippen LogP contribution >= 0.6 is 23.2 Å². The van der Waals surface area contributed by atoms with Crippen molar-refractivity contribution in [2.24, 2.45) is 0 Å². The first kappa shape index (κ1) is 12.4. The highest BCUT2D eigenvalue weighted by Crippen LogP contribution is 2.24. The van der Waals surface area contributed by atoms with E-state index in [2.05, 4.69) is 10.3 Å². The molecule has 6 nitrogen and oxygen atoms in total. The summed E-state index contributed by atoms with van der Waals surface area (Å²) >= 11 is 11.3. The van der Waals surface area contributed by atoms with E-state index >= 15 is 0 Å². The summed E-state index contributed by atoms with van der Waals surface area (Å²) < 4.78 is 24.8. The lowest BCUT2D eigenvalue weighted by Gasteiger charge is -2.14. The van der Waals surface area contributed by atoms with Crippen molar-refractivity contribution in [1.29, 1.82) is 0 Å². The topological polar surface area (TPSA) is 79.4 Å². The average Bonchev–Trinajstić information content (AvgIpc) is 2.69. The van der Waals surface area contributed by atoms with E-state index in [0.717, 1.165) is 16.6 Å². The molecule has 1 aromatic heterocycles. The van der Waals surface area contributed by atoms with Crippen LogP contribution in [0.25, 0.3) is 0 Å². The third kappa shape index (κ3) is 2.18. The molecule has 1 saturated heterocycles. The van der Waals surface area contributed by atoms with Crippen LogP contribution in [0.3, 0.4) is 0 Å². The number of amides is 2. The summed E-state index contributed by atoms with van der Waals surface area (Å²) in [5.74, 6) is 0. The summed E-state index contributed by atoms with van der Waals surface area (Å²) in [6, 6.07) is 0.508. The van der Waals surface area contributed by atoms with Gasteiger partial charge in [0.05, 0.1) is 11.6 Å². The molecule has 17 heavy (non-hydrogen) atoms. The molecule has 0 atom stereocenters. The molecule has 0 unspecified atom stereocenters. The predicted molar refractivity (Wildman–Crippen MR) is 61.5 cm³/mol. The second-order valence-corrected chi connectivity index (χ2v) is 5.88. The van der Waals surface area contributed by atoms with Crippen LogP contribution in [0.2, 0.25) is 10.2 Å². The molecule has 92 valence electrons. The number of carbonyl (C=O) groups is 1. The summed E-state index contributed by atoms with van der Waals surface area (Å²) in [6.45, 7) is 0.369. The molecule has 0 spiro atoms. The lowest BCUT2D eigenvalue weighted by atomic mass is 10.5. The number of carbonyl (C=O) groups excluding carboxylic acids is 1. The molecule has 0 saturated carbocycles. The van der Waals surface area contributed by atoms with Crippen LogP contribution in [0.5, 0.6) is 0 Å². The molecule has 9 heteroatoms. The van der Waals surface area contributed by atoms with Gasteiger partial charge in [-0.2, -0.15) is 0 Å². The van der Waals surface area contributed by atoms with Gasteiger partial charge in [0.1, 0.15) is 10.0 Å². The third-order valence-corrected chi connectivity index (χ3v) is 4.61. The van der Waals surface area contributed by atoms with Gasteiger partial charge < -0.3 is 5.32 Å². The summed E-state index contributed by atoms with van der Waals surface area (Å²) in [5.41, 5.74) is 0. The van der Waals surface area contributed by atoms with Gasteiger partial charge in [0.2, 0.25) is 0 Å². The van der Waals surface area contributed by atoms with E-state index in [4.69, 9.17) is 23.2 Å². The Balaban J connectivity index is 2.44. The van der Waals surface area contributed by atoms with Crippen molar-refractivity contribution < 1.29 is 13.2 Å². The molecule has 1 aliphatic heterocycles. The van der Waals surface area contributed by atoms with Crippen molar-refractivity contribution in [1.82, 2.24) is 14.6 Å². The van der Waals surface area contributed by atoms with Gasteiger partial charge in [0, 0.05) is 12.7 Å². The first-order valence-electron chi connectivity index (χ1n) is 4.54. The Bertz CT molecular complexity index is 575. The molecule has 1 fully saturated rings. The number of aromatic nitrogens is 1. The van der Waals surface area contributed by atoms with Gasteiger partial charge in [-0.25, -0.2) is 22.5 Å². The monoisotopic (exact) mass is 295 g/mol. The van der Waals surface area contributed by atoms with E-state index in [1.165, 1.54) is 0 Å². The SMILES string of the molecule is O=C1NCCN1S(=O)(=O)c1cnc(Cl)c(Cl)c1. The van der Waals surface area contributed by atoms with E-state index in [1.54, 1.807) is 0 Å². The van der Waals surface area contributed by atoms with E-state index in [9.17, 15) is 13.2 Å².